The van der Waals surface area contributed by atoms with E-state index >= 15 is 0 Å². The number of aromatic amines is 1. The number of nitrogens with one attached hydrogen (secondary N) is 1. The van der Waals surface area contributed by atoms with Crippen LogP contribution in [-0.4, -0.2) is 40.6 Å². The molecule has 2 heterocycles. The van der Waals surface area contributed by atoms with Crippen molar-refractivity contribution in [1.29, 1.82) is 0 Å². The highest BCUT2D eigenvalue weighted by molar-refractivity contribution is 5.98. The molecule has 0 bridgehead atoms. The molecule has 0 radical (unpaired) electrons. The largest absolute Gasteiger partial charge is 0.396 e. The minimum atomic E-state index is 0.0153. The van der Waals surface area contributed by atoms with Gasteiger partial charge in [0.25, 0.3) is 5.91 Å². The fourth-order valence-corrected chi connectivity index (χ4v) is 3.18. The number of likely N-dealkylation sites (tertiary alicyclic amines) is 1. The van der Waals surface area contributed by atoms with Gasteiger partial charge in [-0.2, -0.15) is 0 Å². The van der Waals surface area contributed by atoms with Gasteiger partial charge >= 0.3 is 0 Å². The van der Waals surface area contributed by atoms with Gasteiger partial charge in [0.15, 0.2) is 0 Å². The Morgan fingerprint density at radius 3 is 2.76 bits per heavy atom. The second-order valence-electron chi connectivity index (χ2n) is 6.08. The summed E-state index contributed by atoms with van der Waals surface area (Å²) in [5, 5.41) is 10.6. The summed E-state index contributed by atoms with van der Waals surface area (Å²) in [6, 6.07) is 7.77. The molecule has 1 saturated heterocycles. The van der Waals surface area contributed by atoms with Crippen molar-refractivity contribution >= 4 is 16.8 Å². The van der Waals surface area contributed by atoms with Crippen LogP contribution in [0.25, 0.3) is 10.9 Å². The Balaban J connectivity index is 1.74. The molecule has 0 unspecified atom stereocenters. The van der Waals surface area contributed by atoms with Crippen LogP contribution in [0.3, 0.4) is 0 Å². The highest BCUT2D eigenvalue weighted by Gasteiger charge is 2.34. The Labute approximate surface area is 124 Å². The van der Waals surface area contributed by atoms with Gasteiger partial charge in [-0.3, -0.25) is 4.79 Å². The fraction of sp³-hybridized carbons (Fsp3) is 0.471. The first kappa shape index (κ1) is 14.1. The molecule has 1 aliphatic heterocycles. The summed E-state index contributed by atoms with van der Waals surface area (Å²) in [5.74, 6) is 0.0979. The number of H-pyrrole nitrogens is 1. The van der Waals surface area contributed by atoms with E-state index in [9.17, 15) is 9.90 Å². The molecule has 0 spiro atoms. The van der Waals surface area contributed by atoms with E-state index in [2.05, 4.69) is 11.9 Å². The number of rotatable bonds is 3. The van der Waals surface area contributed by atoms with Crippen molar-refractivity contribution in [1.82, 2.24) is 9.88 Å². The Morgan fingerprint density at radius 2 is 2.10 bits per heavy atom. The van der Waals surface area contributed by atoms with Gasteiger partial charge in [-0.25, -0.2) is 0 Å². The maximum Gasteiger partial charge on any atom is 0.253 e. The van der Waals surface area contributed by atoms with Gasteiger partial charge < -0.3 is 15.0 Å². The Hall–Kier alpha value is -1.81. The average molecular weight is 286 g/mol. The maximum atomic E-state index is 12.6. The summed E-state index contributed by atoms with van der Waals surface area (Å²) in [5.41, 5.74) is 1.81. The minimum Gasteiger partial charge on any atom is -0.396 e. The van der Waals surface area contributed by atoms with Gasteiger partial charge in [-0.05, 0) is 48.9 Å². The third-order valence-corrected chi connectivity index (χ3v) is 5.00. The van der Waals surface area contributed by atoms with Crippen molar-refractivity contribution in [3.63, 3.8) is 0 Å². The number of nitrogens with zero attached hydrogens (tertiary/aromatic N) is 1. The van der Waals surface area contributed by atoms with Crippen molar-refractivity contribution in [2.45, 2.75) is 26.2 Å². The molecule has 1 amide bonds. The van der Waals surface area contributed by atoms with E-state index in [-0.39, 0.29) is 17.9 Å². The molecule has 1 aromatic heterocycles. The van der Waals surface area contributed by atoms with Crippen LogP contribution in [-0.2, 0) is 0 Å². The lowest BCUT2D eigenvalue weighted by molar-refractivity contribution is 0.0338. The van der Waals surface area contributed by atoms with E-state index < -0.39 is 0 Å². The molecule has 0 saturated carbocycles. The van der Waals surface area contributed by atoms with Gasteiger partial charge in [0.2, 0.25) is 0 Å². The van der Waals surface area contributed by atoms with Crippen molar-refractivity contribution in [3.05, 3.63) is 36.0 Å². The molecule has 2 N–H and O–H groups in total. The first-order valence-corrected chi connectivity index (χ1v) is 7.65. The second kappa shape index (κ2) is 5.53. The number of benzene rings is 1. The normalized spacial score (nSPS) is 18.1. The molecule has 1 aliphatic rings. The van der Waals surface area contributed by atoms with E-state index in [1.54, 1.807) is 0 Å². The lowest BCUT2D eigenvalue weighted by atomic mass is 9.77. The molecule has 112 valence electrons. The third kappa shape index (κ3) is 2.56. The number of aromatic nitrogens is 1. The van der Waals surface area contributed by atoms with E-state index in [0.29, 0.717) is 0 Å². The molecule has 0 atom stereocenters. The first-order valence-electron chi connectivity index (χ1n) is 7.65. The lowest BCUT2D eigenvalue weighted by Crippen LogP contribution is -2.44. The lowest BCUT2D eigenvalue weighted by Gasteiger charge is -2.40. The molecule has 1 aromatic carbocycles. The molecular formula is C17H22N2O2. The predicted octanol–water partition coefficient (Wildman–Crippen LogP) is 2.79. The first-order chi connectivity index (χ1) is 10.2. The molecule has 2 aromatic rings. The molecule has 1 fully saturated rings. The smallest absolute Gasteiger partial charge is 0.253 e. The van der Waals surface area contributed by atoms with Crippen LogP contribution in [0, 0.1) is 5.41 Å². The van der Waals surface area contributed by atoms with Crippen molar-refractivity contribution < 1.29 is 9.90 Å². The summed E-state index contributed by atoms with van der Waals surface area (Å²) < 4.78 is 0. The number of hydrogen-bond donors (Lipinski definition) is 2. The molecule has 4 heteroatoms. The summed E-state index contributed by atoms with van der Waals surface area (Å²) in [6.45, 7) is 3.81. The number of piperidine rings is 1. The fourth-order valence-electron chi connectivity index (χ4n) is 3.18. The molecule has 3 rings (SSSR count). The second-order valence-corrected chi connectivity index (χ2v) is 6.08. The number of fused-ring (bicyclic) bond motifs is 1. The number of amides is 1. The topological polar surface area (TPSA) is 56.3 Å². The van der Waals surface area contributed by atoms with Gasteiger partial charge in [0.05, 0.1) is 0 Å². The average Bonchev–Trinajstić information content (AvgIpc) is 3.02. The number of aliphatic hydroxyl groups excluding tert-OH is 1. The summed E-state index contributed by atoms with van der Waals surface area (Å²) in [6.07, 6.45) is 4.63. The van der Waals surface area contributed by atoms with E-state index in [1.165, 1.54) is 0 Å². The van der Waals surface area contributed by atoms with Crippen LogP contribution < -0.4 is 0 Å². The van der Waals surface area contributed by atoms with Crippen molar-refractivity contribution in [2.24, 2.45) is 5.41 Å². The Kier molecular flexibility index (Phi) is 3.72. The Morgan fingerprint density at radius 1 is 1.33 bits per heavy atom. The zero-order chi connectivity index (χ0) is 14.9. The van der Waals surface area contributed by atoms with Crippen LogP contribution in [0.2, 0.25) is 0 Å². The minimum absolute atomic E-state index is 0.0153. The zero-order valence-electron chi connectivity index (χ0n) is 12.4. The van der Waals surface area contributed by atoms with E-state index in [1.807, 2.05) is 35.4 Å². The molecule has 0 aliphatic carbocycles. The Bertz CT molecular complexity index is 633. The quantitative estimate of drug-likeness (QED) is 0.911. The highest BCUT2D eigenvalue weighted by Crippen LogP contribution is 2.34. The van der Waals surface area contributed by atoms with Gasteiger partial charge in [0.1, 0.15) is 0 Å². The van der Waals surface area contributed by atoms with Crippen LogP contribution >= 0.6 is 0 Å². The number of hydrogen-bond acceptors (Lipinski definition) is 2. The van der Waals surface area contributed by atoms with Crippen LogP contribution in [0.5, 0.6) is 0 Å². The van der Waals surface area contributed by atoms with E-state index in [0.717, 1.165) is 48.8 Å². The van der Waals surface area contributed by atoms with Gasteiger partial charge in [-0.1, -0.05) is 6.92 Å². The van der Waals surface area contributed by atoms with Crippen LogP contribution in [0.1, 0.15) is 36.5 Å². The monoisotopic (exact) mass is 286 g/mol. The zero-order valence-corrected chi connectivity index (χ0v) is 12.4. The number of aliphatic hydroxyl groups is 1. The third-order valence-electron chi connectivity index (χ3n) is 5.00. The summed E-state index contributed by atoms with van der Waals surface area (Å²) in [7, 11) is 0. The van der Waals surface area contributed by atoms with Crippen LogP contribution in [0.15, 0.2) is 30.5 Å². The van der Waals surface area contributed by atoms with Gasteiger partial charge in [0, 0.05) is 42.4 Å². The summed E-state index contributed by atoms with van der Waals surface area (Å²) >= 11 is 0. The SMILES string of the molecule is CCC1(CO)CCN(C(=O)c2ccc3[nH]ccc3c2)CC1. The maximum absolute atomic E-state index is 12.6. The van der Waals surface area contributed by atoms with Crippen molar-refractivity contribution in [3.8, 4) is 0 Å². The molecular weight excluding hydrogens is 264 g/mol. The predicted molar refractivity (Wildman–Crippen MR) is 83.2 cm³/mol. The van der Waals surface area contributed by atoms with Crippen molar-refractivity contribution in [2.75, 3.05) is 19.7 Å². The summed E-state index contributed by atoms with van der Waals surface area (Å²) in [4.78, 5) is 17.7. The van der Waals surface area contributed by atoms with Crippen LogP contribution in [0.4, 0.5) is 0 Å². The number of carbonyl (C=O) groups is 1. The molecule has 4 nitrogen and oxygen atoms in total. The highest BCUT2D eigenvalue weighted by atomic mass is 16.3. The van der Waals surface area contributed by atoms with E-state index in [4.69, 9.17) is 0 Å². The standard InChI is InChI=1S/C17H22N2O2/c1-2-17(12-20)6-9-19(10-7-17)16(21)14-3-4-15-13(11-14)5-8-18-15/h3-5,8,11,18,20H,2,6-7,9-10,12H2,1H3. The van der Waals surface area contributed by atoms with Gasteiger partial charge in [-0.15, -0.1) is 0 Å². The number of carbonyl (C=O) groups excluding carboxylic acids is 1. The molecule has 21 heavy (non-hydrogen) atoms.